The van der Waals surface area contributed by atoms with Gasteiger partial charge >= 0.3 is 11.6 Å². The van der Waals surface area contributed by atoms with E-state index in [1.54, 1.807) is 19.1 Å². The van der Waals surface area contributed by atoms with Crippen LogP contribution in [0.1, 0.15) is 31.7 Å². The molecule has 4 aromatic rings. The van der Waals surface area contributed by atoms with Gasteiger partial charge in [0.25, 0.3) is 0 Å². The Labute approximate surface area is 240 Å². The maximum atomic E-state index is 15.1. The molecule has 0 aliphatic carbocycles. The zero-order valence-electron chi connectivity index (χ0n) is 23.5. The van der Waals surface area contributed by atoms with Crippen molar-refractivity contribution < 1.29 is 27.8 Å². The monoisotopic (exact) mass is 578 g/mol. The molecule has 3 fully saturated rings. The standard InChI is InChI=1S/C31H32F2N4O5/c1-17-14-36(9-10-40-17)28-25-26(34-30(35-28)41-16-31-7-4-8-37(31)15-20(32)13-31)18(2)27(42-29(25)39)22-12-21(38)11-19-5-3-6-23(33)24(19)22/h3,5-6,11-12,17,20,38H,4,7-10,13-16H2,1-2H3/t17?,20-,31+/m1/s1. The first-order valence-electron chi connectivity index (χ1n) is 14.4. The average molecular weight is 579 g/mol. The highest BCUT2D eigenvalue weighted by Crippen LogP contribution is 2.41. The van der Waals surface area contributed by atoms with Gasteiger partial charge in [0.15, 0.2) is 5.82 Å². The van der Waals surface area contributed by atoms with Gasteiger partial charge in [-0.2, -0.15) is 9.97 Å². The fourth-order valence-corrected chi connectivity index (χ4v) is 6.97. The Morgan fingerprint density at radius 2 is 2.05 bits per heavy atom. The van der Waals surface area contributed by atoms with Crippen LogP contribution in [0.25, 0.3) is 33.0 Å². The van der Waals surface area contributed by atoms with Crippen LogP contribution < -0.4 is 15.3 Å². The molecule has 1 N–H and O–H groups in total. The first-order chi connectivity index (χ1) is 20.2. The number of anilines is 1. The lowest BCUT2D eigenvalue weighted by Gasteiger charge is -2.33. The van der Waals surface area contributed by atoms with Crippen molar-refractivity contribution in [1.82, 2.24) is 14.9 Å². The quantitative estimate of drug-likeness (QED) is 0.360. The number of phenols is 1. The van der Waals surface area contributed by atoms with E-state index in [1.807, 2.05) is 11.8 Å². The van der Waals surface area contributed by atoms with Crippen LogP contribution in [0, 0.1) is 12.7 Å². The number of benzene rings is 2. The first kappa shape index (κ1) is 27.0. The number of nitrogens with zero attached hydrogens (tertiary/aromatic N) is 4. The molecule has 3 saturated heterocycles. The van der Waals surface area contributed by atoms with E-state index in [0.717, 1.165) is 19.4 Å². The number of hydrogen-bond donors (Lipinski definition) is 1. The van der Waals surface area contributed by atoms with Gasteiger partial charge in [-0.15, -0.1) is 0 Å². The second-order valence-electron chi connectivity index (χ2n) is 11.7. The highest BCUT2D eigenvalue weighted by atomic mass is 19.1. The van der Waals surface area contributed by atoms with Crippen LogP contribution in [0.4, 0.5) is 14.6 Å². The lowest BCUT2D eigenvalue weighted by Crippen LogP contribution is -2.44. The van der Waals surface area contributed by atoms with Gasteiger partial charge in [-0.1, -0.05) is 12.1 Å². The van der Waals surface area contributed by atoms with Gasteiger partial charge in [0, 0.05) is 42.6 Å². The van der Waals surface area contributed by atoms with E-state index in [-0.39, 0.29) is 46.6 Å². The van der Waals surface area contributed by atoms with Gasteiger partial charge in [-0.25, -0.2) is 13.6 Å². The van der Waals surface area contributed by atoms with Gasteiger partial charge < -0.3 is 23.9 Å². The Bertz CT molecular complexity index is 1760. The summed E-state index contributed by atoms with van der Waals surface area (Å²) in [6.45, 7) is 6.59. The Morgan fingerprint density at radius 3 is 2.88 bits per heavy atom. The van der Waals surface area contributed by atoms with Crippen molar-refractivity contribution in [3.8, 4) is 23.1 Å². The molecular formula is C31H32F2N4O5. The molecule has 42 heavy (non-hydrogen) atoms. The second kappa shape index (κ2) is 10.2. The number of aromatic nitrogens is 2. The van der Waals surface area contributed by atoms with Crippen LogP contribution in [-0.2, 0) is 4.74 Å². The van der Waals surface area contributed by atoms with Crippen LogP contribution in [0.5, 0.6) is 11.8 Å². The number of hydrogen-bond acceptors (Lipinski definition) is 9. The van der Waals surface area contributed by atoms with E-state index in [1.165, 1.54) is 18.2 Å². The maximum absolute atomic E-state index is 15.1. The molecule has 1 unspecified atom stereocenters. The third-order valence-corrected chi connectivity index (χ3v) is 8.89. The van der Waals surface area contributed by atoms with Gasteiger partial charge in [-0.3, -0.25) is 4.90 Å². The van der Waals surface area contributed by atoms with Crippen LogP contribution in [-0.4, -0.2) is 77.2 Å². The summed E-state index contributed by atoms with van der Waals surface area (Å²) in [6, 6.07) is 7.47. The molecule has 0 radical (unpaired) electrons. The molecule has 11 heteroatoms. The minimum atomic E-state index is -0.899. The average Bonchev–Trinajstić information content (AvgIpc) is 3.48. The van der Waals surface area contributed by atoms with Gasteiger partial charge in [0.05, 0.1) is 23.8 Å². The lowest BCUT2D eigenvalue weighted by atomic mass is 9.95. The molecule has 2 aromatic heterocycles. The molecular weight excluding hydrogens is 546 g/mol. The molecule has 0 amide bonds. The number of morpholine rings is 1. The predicted octanol–water partition coefficient (Wildman–Crippen LogP) is 4.74. The zero-order valence-corrected chi connectivity index (χ0v) is 23.5. The van der Waals surface area contributed by atoms with Crippen molar-refractivity contribution in [3.05, 3.63) is 52.1 Å². The second-order valence-corrected chi connectivity index (χ2v) is 11.7. The molecule has 9 nitrogen and oxygen atoms in total. The summed E-state index contributed by atoms with van der Waals surface area (Å²) in [6.07, 6.45) is 1.22. The number of alkyl halides is 1. The van der Waals surface area contributed by atoms with E-state index in [9.17, 15) is 14.3 Å². The van der Waals surface area contributed by atoms with Gasteiger partial charge in [-0.05, 0) is 56.8 Å². The summed E-state index contributed by atoms with van der Waals surface area (Å²) in [7, 11) is 0. The van der Waals surface area contributed by atoms with E-state index in [0.29, 0.717) is 54.9 Å². The van der Waals surface area contributed by atoms with E-state index >= 15 is 4.39 Å². The SMILES string of the molecule is Cc1c(-c2cc(O)cc3cccc(F)c23)oc(=O)c2c(N3CCOC(C)C3)nc(OC[C@@]34CCCN3C[C@H](F)C4)nc12. The first-order valence-corrected chi connectivity index (χ1v) is 14.4. The molecule has 3 aliphatic rings. The number of rotatable bonds is 5. The topological polar surface area (TPSA) is 101 Å². The van der Waals surface area contributed by atoms with Crippen LogP contribution in [0.15, 0.2) is 39.5 Å². The van der Waals surface area contributed by atoms with E-state index in [4.69, 9.17) is 23.9 Å². The summed E-state index contributed by atoms with van der Waals surface area (Å²) >= 11 is 0. The molecule has 5 heterocycles. The number of aromatic hydroxyl groups is 1. The fraction of sp³-hybridized carbons (Fsp3) is 0.452. The summed E-state index contributed by atoms with van der Waals surface area (Å²) in [5.41, 5.74) is -0.0682. The highest BCUT2D eigenvalue weighted by Gasteiger charge is 2.49. The zero-order chi connectivity index (χ0) is 29.2. The largest absolute Gasteiger partial charge is 0.508 e. The number of halogens is 2. The third-order valence-electron chi connectivity index (χ3n) is 8.89. The Kier molecular flexibility index (Phi) is 6.54. The Morgan fingerprint density at radius 1 is 1.19 bits per heavy atom. The molecule has 3 aliphatic heterocycles. The van der Waals surface area contributed by atoms with Crippen molar-refractivity contribution in [2.45, 2.75) is 50.9 Å². The van der Waals surface area contributed by atoms with Crippen LogP contribution >= 0.6 is 0 Å². The molecule has 0 saturated carbocycles. The fourth-order valence-electron chi connectivity index (χ4n) is 6.97. The Hall–Kier alpha value is -3.83. The number of phenolic OH excluding ortho intramolecular Hbond substituents is 1. The summed E-state index contributed by atoms with van der Waals surface area (Å²) in [5.74, 6) is -0.136. The van der Waals surface area contributed by atoms with Gasteiger partial charge in [0.1, 0.15) is 35.5 Å². The summed E-state index contributed by atoms with van der Waals surface area (Å²) in [4.78, 5) is 27.2. The third kappa shape index (κ3) is 4.46. The van der Waals surface area contributed by atoms with Crippen molar-refractivity contribution in [1.29, 1.82) is 0 Å². The summed E-state index contributed by atoms with van der Waals surface area (Å²) in [5, 5.41) is 11.3. The minimum Gasteiger partial charge on any atom is -0.508 e. The molecule has 220 valence electrons. The molecule has 7 rings (SSSR count). The van der Waals surface area contributed by atoms with Crippen molar-refractivity contribution >= 4 is 27.5 Å². The number of fused-ring (bicyclic) bond motifs is 3. The van der Waals surface area contributed by atoms with Crippen molar-refractivity contribution in [2.24, 2.45) is 0 Å². The van der Waals surface area contributed by atoms with Crippen molar-refractivity contribution in [2.75, 3.05) is 44.3 Å². The predicted molar refractivity (Wildman–Crippen MR) is 154 cm³/mol. The number of ether oxygens (including phenoxy) is 2. The summed E-state index contributed by atoms with van der Waals surface area (Å²) < 4.78 is 47.3. The normalized spacial score (nSPS) is 24.5. The van der Waals surface area contributed by atoms with Crippen LogP contribution in [0.2, 0.25) is 0 Å². The van der Waals surface area contributed by atoms with E-state index < -0.39 is 23.2 Å². The van der Waals surface area contributed by atoms with E-state index in [2.05, 4.69) is 4.90 Å². The lowest BCUT2D eigenvalue weighted by molar-refractivity contribution is 0.0529. The molecule has 3 atom stereocenters. The Balaban J connectivity index is 1.40. The maximum Gasteiger partial charge on any atom is 0.349 e. The molecule has 0 spiro atoms. The highest BCUT2D eigenvalue weighted by molar-refractivity contribution is 6.00. The number of aryl methyl sites for hydroxylation is 1. The molecule has 2 aromatic carbocycles. The smallest absolute Gasteiger partial charge is 0.349 e. The van der Waals surface area contributed by atoms with Crippen molar-refractivity contribution in [3.63, 3.8) is 0 Å². The minimum absolute atomic E-state index is 0.0757. The molecule has 0 bridgehead atoms. The van der Waals surface area contributed by atoms with Crippen LogP contribution in [0.3, 0.4) is 0 Å². The van der Waals surface area contributed by atoms with Gasteiger partial charge in [0.2, 0.25) is 0 Å².